The Hall–Kier alpha value is -2.85. The first-order chi connectivity index (χ1) is 19.3. The van der Waals surface area contributed by atoms with Gasteiger partial charge in [0.25, 0.3) is 0 Å². The van der Waals surface area contributed by atoms with Crippen molar-refractivity contribution in [2.45, 2.75) is 83.7 Å². The van der Waals surface area contributed by atoms with E-state index in [2.05, 4.69) is 10.3 Å². The van der Waals surface area contributed by atoms with Crippen LogP contribution in [-0.2, 0) is 22.3 Å². The van der Waals surface area contributed by atoms with Crippen LogP contribution in [-0.4, -0.2) is 46.1 Å². The van der Waals surface area contributed by atoms with Gasteiger partial charge in [-0.15, -0.1) is 0 Å². The fourth-order valence-corrected chi connectivity index (χ4v) is 6.74. The molecular weight excluding hydrogens is 559 g/mol. The van der Waals surface area contributed by atoms with Crippen LogP contribution in [0.15, 0.2) is 36.5 Å². The number of aromatic nitrogens is 1. The van der Waals surface area contributed by atoms with E-state index in [0.717, 1.165) is 31.4 Å². The molecule has 2 aliphatic rings. The highest BCUT2D eigenvalue weighted by Gasteiger charge is 2.59. The number of likely N-dealkylation sites (tertiary alicyclic amines) is 1. The fourth-order valence-electron chi connectivity index (χ4n) is 6.51. The summed E-state index contributed by atoms with van der Waals surface area (Å²) in [6.45, 7) is 5.64. The Bertz CT molecular complexity index is 1260. The molecule has 1 amide bonds. The molecule has 1 aromatic carbocycles. The Labute approximate surface area is 243 Å². The van der Waals surface area contributed by atoms with Crippen LogP contribution >= 0.6 is 11.6 Å². The van der Waals surface area contributed by atoms with E-state index in [9.17, 15) is 27.9 Å². The van der Waals surface area contributed by atoms with Crippen molar-refractivity contribution in [3.05, 3.63) is 58.4 Å². The van der Waals surface area contributed by atoms with E-state index in [1.54, 1.807) is 12.1 Å². The van der Waals surface area contributed by atoms with E-state index in [0.29, 0.717) is 18.5 Å². The quantitative estimate of drug-likeness (QED) is 0.380. The second kappa shape index (κ2) is 12.2. The molecule has 41 heavy (non-hydrogen) atoms. The van der Waals surface area contributed by atoms with Gasteiger partial charge in [-0.1, -0.05) is 51.6 Å². The molecule has 1 aliphatic carbocycles. The second-order valence-electron chi connectivity index (χ2n) is 12.0. The van der Waals surface area contributed by atoms with Gasteiger partial charge in [0, 0.05) is 36.2 Å². The van der Waals surface area contributed by atoms with Gasteiger partial charge in [0.1, 0.15) is 11.8 Å². The molecule has 2 heterocycles. The Morgan fingerprint density at radius 2 is 1.83 bits per heavy atom. The maximum Gasteiger partial charge on any atom is 0.416 e. The molecule has 1 saturated carbocycles. The minimum Gasteiger partial charge on any atom is -0.496 e. The number of benzene rings is 1. The summed E-state index contributed by atoms with van der Waals surface area (Å²) in [6, 6.07) is 3.78. The minimum atomic E-state index is -4.55. The molecule has 2 aromatic rings. The molecule has 7 nitrogen and oxygen atoms in total. The molecule has 4 rings (SSSR count). The molecule has 4 atom stereocenters. The van der Waals surface area contributed by atoms with Gasteiger partial charge in [-0.05, 0) is 48.6 Å². The highest BCUT2D eigenvalue weighted by Crippen LogP contribution is 2.50. The smallest absolute Gasteiger partial charge is 0.416 e. The number of amides is 1. The second-order valence-corrected chi connectivity index (χ2v) is 12.4. The van der Waals surface area contributed by atoms with Crippen LogP contribution in [0.1, 0.15) is 75.7 Å². The summed E-state index contributed by atoms with van der Waals surface area (Å²) in [5.41, 5.74) is -0.843. The van der Waals surface area contributed by atoms with Crippen molar-refractivity contribution in [2.24, 2.45) is 17.3 Å². The van der Waals surface area contributed by atoms with Crippen molar-refractivity contribution in [3.63, 3.8) is 0 Å². The molecule has 1 saturated heterocycles. The van der Waals surface area contributed by atoms with Gasteiger partial charge < -0.3 is 20.1 Å². The van der Waals surface area contributed by atoms with Crippen LogP contribution in [0, 0.1) is 17.3 Å². The first kappa shape index (κ1) is 31.1. The van der Waals surface area contributed by atoms with Crippen molar-refractivity contribution in [1.82, 2.24) is 15.2 Å². The summed E-state index contributed by atoms with van der Waals surface area (Å²) in [4.78, 5) is 33.1. The molecule has 2 N–H and O–H groups in total. The standard InChI is InChI=1S/C30H37ClF3N3O4/c1-29(2,3)22-24(36-16-18-15-19(30(32,33)34)12-13-21(18)41-4)26(23-20(31)11-8-14-35-23)37(25(22)28(39)40)27(38)17-9-6-5-7-10-17/h8,11-15,17,22,24-26,36H,5-7,9-10,16H2,1-4H3,(H,39,40)/t22-,24-,25-,26-/m0/s1. The lowest BCUT2D eigenvalue weighted by Crippen LogP contribution is -2.49. The number of rotatable bonds is 7. The topological polar surface area (TPSA) is 91.8 Å². The minimum absolute atomic E-state index is 0.0664. The summed E-state index contributed by atoms with van der Waals surface area (Å²) < 4.78 is 46.0. The maximum absolute atomic E-state index is 14.2. The number of halogens is 4. The molecule has 0 spiro atoms. The number of carboxylic acids is 1. The number of hydrogen-bond acceptors (Lipinski definition) is 5. The zero-order chi connectivity index (χ0) is 30.1. The van der Waals surface area contributed by atoms with E-state index >= 15 is 0 Å². The SMILES string of the molecule is COc1ccc(C(F)(F)F)cc1CN[C@H]1[C@H](C(C)(C)C)[C@@H](C(=O)O)N(C(=O)C2CCCCC2)[C@H]1c1ncccc1Cl. The monoisotopic (exact) mass is 595 g/mol. The number of carbonyl (C=O) groups excluding carboxylic acids is 1. The Morgan fingerprint density at radius 1 is 1.15 bits per heavy atom. The van der Waals surface area contributed by atoms with Crippen LogP contribution in [0.3, 0.4) is 0 Å². The first-order valence-electron chi connectivity index (χ1n) is 13.9. The number of aliphatic carboxylic acids is 1. The zero-order valence-electron chi connectivity index (χ0n) is 23.7. The van der Waals surface area contributed by atoms with Gasteiger partial charge in [0.05, 0.1) is 29.4 Å². The van der Waals surface area contributed by atoms with Gasteiger partial charge in [-0.3, -0.25) is 9.78 Å². The molecule has 1 aliphatic heterocycles. The van der Waals surface area contributed by atoms with Crippen molar-refractivity contribution in [1.29, 1.82) is 0 Å². The van der Waals surface area contributed by atoms with Crippen LogP contribution in [0.25, 0.3) is 0 Å². The number of nitrogens with zero attached hydrogens (tertiary/aromatic N) is 2. The van der Waals surface area contributed by atoms with E-state index in [1.165, 1.54) is 24.3 Å². The molecule has 0 bridgehead atoms. The lowest BCUT2D eigenvalue weighted by atomic mass is 9.72. The van der Waals surface area contributed by atoms with Gasteiger partial charge in [-0.2, -0.15) is 13.2 Å². The van der Waals surface area contributed by atoms with E-state index < -0.39 is 47.2 Å². The van der Waals surface area contributed by atoms with Gasteiger partial charge in [0.15, 0.2) is 0 Å². The number of ether oxygens (including phenoxy) is 1. The Balaban J connectivity index is 1.84. The highest BCUT2D eigenvalue weighted by atomic mass is 35.5. The number of alkyl halides is 3. The zero-order valence-corrected chi connectivity index (χ0v) is 24.4. The van der Waals surface area contributed by atoms with Crippen molar-refractivity contribution in [3.8, 4) is 5.75 Å². The normalized spacial score (nSPS) is 24.0. The number of carboxylic acid groups (broad SMARTS) is 1. The third-order valence-electron chi connectivity index (χ3n) is 8.33. The summed E-state index contributed by atoms with van der Waals surface area (Å²) in [5, 5.41) is 14.2. The lowest BCUT2D eigenvalue weighted by molar-refractivity contribution is -0.154. The van der Waals surface area contributed by atoms with Crippen LogP contribution < -0.4 is 10.1 Å². The predicted molar refractivity (Wildman–Crippen MR) is 148 cm³/mol. The highest BCUT2D eigenvalue weighted by molar-refractivity contribution is 6.31. The van der Waals surface area contributed by atoms with Gasteiger partial charge in [-0.25, -0.2) is 4.79 Å². The fraction of sp³-hybridized carbons (Fsp3) is 0.567. The molecule has 2 fully saturated rings. The van der Waals surface area contributed by atoms with Crippen molar-refractivity contribution in [2.75, 3.05) is 7.11 Å². The molecule has 0 radical (unpaired) electrons. The average Bonchev–Trinajstić information content (AvgIpc) is 3.27. The molecule has 0 unspecified atom stereocenters. The number of nitrogens with one attached hydrogen (secondary N) is 1. The summed E-state index contributed by atoms with van der Waals surface area (Å²) in [6.07, 6.45) is 1.12. The number of hydrogen-bond donors (Lipinski definition) is 2. The summed E-state index contributed by atoms with van der Waals surface area (Å²) in [5.74, 6) is -2.09. The molecule has 1 aromatic heterocycles. The van der Waals surface area contributed by atoms with Gasteiger partial charge in [0.2, 0.25) is 5.91 Å². The number of pyridine rings is 1. The van der Waals surface area contributed by atoms with Gasteiger partial charge >= 0.3 is 12.1 Å². The third kappa shape index (κ3) is 6.48. The Morgan fingerprint density at radius 3 is 2.39 bits per heavy atom. The van der Waals surface area contributed by atoms with Crippen molar-refractivity contribution >= 4 is 23.5 Å². The van der Waals surface area contributed by atoms with Crippen LogP contribution in [0.2, 0.25) is 5.02 Å². The molecule has 11 heteroatoms. The summed E-state index contributed by atoms with van der Waals surface area (Å²) >= 11 is 6.63. The molecular formula is C30H37ClF3N3O4. The predicted octanol–water partition coefficient (Wildman–Crippen LogP) is 6.50. The first-order valence-corrected chi connectivity index (χ1v) is 14.3. The average molecular weight is 596 g/mol. The van der Waals surface area contributed by atoms with E-state index in [-0.39, 0.29) is 34.7 Å². The largest absolute Gasteiger partial charge is 0.496 e. The maximum atomic E-state index is 14.2. The number of carbonyl (C=O) groups is 2. The van der Waals surface area contributed by atoms with Crippen LogP contribution in [0.5, 0.6) is 5.75 Å². The van der Waals surface area contributed by atoms with E-state index in [4.69, 9.17) is 16.3 Å². The summed E-state index contributed by atoms with van der Waals surface area (Å²) in [7, 11) is 1.38. The van der Waals surface area contributed by atoms with Crippen LogP contribution in [0.4, 0.5) is 13.2 Å². The number of methoxy groups -OCH3 is 1. The molecule has 224 valence electrons. The van der Waals surface area contributed by atoms with Crippen molar-refractivity contribution < 1.29 is 32.6 Å². The lowest BCUT2D eigenvalue weighted by Gasteiger charge is -2.36. The third-order valence-corrected chi connectivity index (χ3v) is 8.65. The Kier molecular flexibility index (Phi) is 9.23. The van der Waals surface area contributed by atoms with E-state index in [1.807, 2.05) is 20.8 Å².